The second-order valence-electron chi connectivity index (χ2n) is 8.92. The molecule has 0 fully saturated rings. The van der Waals surface area contributed by atoms with Crippen LogP contribution in [0.3, 0.4) is 0 Å². The van der Waals surface area contributed by atoms with Crippen molar-refractivity contribution < 1.29 is 36.6 Å². The van der Waals surface area contributed by atoms with Crippen LogP contribution in [0, 0.1) is 6.92 Å². The number of esters is 1. The Morgan fingerprint density at radius 2 is 1.41 bits per heavy atom. The number of hydrogen-bond acceptors (Lipinski definition) is 9. The Morgan fingerprint density at radius 3 is 2.12 bits per heavy atom. The first kappa shape index (κ1) is 27.5. The van der Waals surface area contributed by atoms with Gasteiger partial charge in [0.05, 0.1) is 16.9 Å². The SMILES string of the molecule is COc1ccc(Oc2ccc(S(=O)(=O)c3ccc(C)cc3)cc2)cc1OC(=O)COc1ccc2oc(=O)ccc2c1. The fraction of sp³-hybridized carbons (Fsp3) is 0.0968. The minimum absolute atomic E-state index is 0.109. The first-order chi connectivity index (χ1) is 19.7. The molecule has 5 rings (SSSR count). The number of fused-ring (bicyclic) bond motifs is 1. The topological polar surface area (TPSA) is 118 Å². The summed E-state index contributed by atoms with van der Waals surface area (Å²) in [5, 5.41) is 0.641. The minimum Gasteiger partial charge on any atom is -0.493 e. The van der Waals surface area contributed by atoms with Gasteiger partial charge in [0.25, 0.3) is 0 Å². The number of benzene rings is 4. The maximum atomic E-state index is 12.9. The zero-order chi connectivity index (χ0) is 29.0. The Labute approximate surface area is 235 Å². The van der Waals surface area contributed by atoms with Crippen molar-refractivity contribution in [3.05, 3.63) is 113 Å². The van der Waals surface area contributed by atoms with Crippen LogP contribution in [-0.4, -0.2) is 28.1 Å². The molecule has 41 heavy (non-hydrogen) atoms. The monoisotopic (exact) mass is 572 g/mol. The molecule has 208 valence electrons. The quantitative estimate of drug-likeness (QED) is 0.124. The van der Waals surface area contributed by atoms with E-state index < -0.39 is 28.0 Å². The van der Waals surface area contributed by atoms with E-state index in [9.17, 15) is 18.0 Å². The van der Waals surface area contributed by atoms with Crippen molar-refractivity contribution in [2.45, 2.75) is 16.7 Å². The number of carbonyl (C=O) groups is 1. The molecule has 0 amide bonds. The number of aryl methyl sites for hydroxylation is 1. The normalized spacial score (nSPS) is 11.2. The summed E-state index contributed by atoms with van der Waals surface area (Å²) in [6.07, 6.45) is 0. The van der Waals surface area contributed by atoms with Crippen LogP contribution < -0.4 is 24.6 Å². The molecule has 1 heterocycles. The largest absolute Gasteiger partial charge is 0.493 e. The summed E-state index contributed by atoms with van der Waals surface area (Å²) in [6.45, 7) is 1.49. The summed E-state index contributed by atoms with van der Waals surface area (Å²) < 4.78 is 53.1. The van der Waals surface area contributed by atoms with Gasteiger partial charge in [-0.2, -0.15) is 0 Å². The molecule has 0 aliphatic rings. The van der Waals surface area contributed by atoms with Crippen molar-refractivity contribution in [3.63, 3.8) is 0 Å². The molecular formula is C31H24O9S. The van der Waals surface area contributed by atoms with E-state index in [1.165, 1.54) is 31.4 Å². The number of hydrogen-bond donors (Lipinski definition) is 0. The number of methoxy groups -OCH3 is 1. The smallest absolute Gasteiger partial charge is 0.349 e. The summed E-state index contributed by atoms with van der Waals surface area (Å²) in [7, 11) is -2.24. The highest BCUT2D eigenvalue weighted by atomic mass is 32.2. The Morgan fingerprint density at radius 1 is 0.756 bits per heavy atom. The lowest BCUT2D eigenvalue weighted by Gasteiger charge is -2.13. The molecule has 10 heteroatoms. The van der Waals surface area contributed by atoms with E-state index in [1.54, 1.807) is 72.8 Å². The summed E-state index contributed by atoms with van der Waals surface area (Å²) in [5.74, 6) is 0.819. The molecule has 0 aliphatic heterocycles. The summed E-state index contributed by atoms with van der Waals surface area (Å²) in [5.41, 5.74) is 0.904. The molecule has 0 unspecified atom stereocenters. The van der Waals surface area contributed by atoms with Crippen molar-refractivity contribution >= 4 is 26.8 Å². The number of ether oxygens (including phenoxy) is 4. The van der Waals surface area contributed by atoms with Gasteiger partial charge in [-0.15, -0.1) is 0 Å². The zero-order valence-electron chi connectivity index (χ0n) is 22.0. The summed E-state index contributed by atoms with van der Waals surface area (Å²) in [6, 6.07) is 25.0. The van der Waals surface area contributed by atoms with E-state index in [1.807, 2.05) is 6.92 Å². The van der Waals surface area contributed by atoms with Gasteiger partial charge in [-0.1, -0.05) is 17.7 Å². The van der Waals surface area contributed by atoms with Gasteiger partial charge in [0.15, 0.2) is 18.1 Å². The highest BCUT2D eigenvalue weighted by Crippen LogP contribution is 2.34. The zero-order valence-corrected chi connectivity index (χ0v) is 22.8. The Kier molecular flexibility index (Phi) is 7.75. The molecular weight excluding hydrogens is 548 g/mol. The molecule has 0 saturated heterocycles. The first-order valence-corrected chi connectivity index (χ1v) is 13.8. The Hall–Kier alpha value is -5.09. The number of sulfone groups is 1. The van der Waals surface area contributed by atoms with Crippen LogP contribution in [0.15, 0.2) is 116 Å². The van der Waals surface area contributed by atoms with Gasteiger partial charge >= 0.3 is 11.6 Å². The van der Waals surface area contributed by atoms with Crippen molar-refractivity contribution in [3.8, 4) is 28.7 Å². The van der Waals surface area contributed by atoms with E-state index in [2.05, 4.69) is 0 Å². The molecule has 1 aromatic heterocycles. The molecule has 9 nitrogen and oxygen atoms in total. The van der Waals surface area contributed by atoms with E-state index in [4.69, 9.17) is 23.4 Å². The average Bonchev–Trinajstić information content (AvgIpc) is 2.97. The van der Waals surface area contributed by atoms with Crippen LogP contribution >= 0.6 is 0 Å². The van der Waals surface area contributed by atoms with Crippen LogP contribution in [0.5, 0.6) is 28.7 Å². The Balaban J connectivity index is 1.25. The molecule has 0 spiro atoms. The fourth-order valence-electron chi connectivity index (χ4n) is 3.91. The second kappa shape index (κ2) is 11.6. The van der Waals surface area contributed by atoms with Gasteiger partial charge in [-0.05, 0) is 79.7 Å². The highest BCUT2D eigenvalue weighted by molar-refractivity contribution is 7.91. The maximum Gasteiger partial charge on any atom is 0.349 e. The predicted octanol–water partition coefficient (Wildman–Crippen LogP) is 5.72. The van der Waals surface area contributed by atoms with Crippen LogP contribution in [0.25, 0.3) is 11.0 Å². The lowest BCUT2D eigenvalue weighted by molar-refractivity contribution is -0.136. The van der Waals surface area contributed by atoms with Crippen molar-refractivity contribution in [1.82, 2.24) is 0 Å². The molecule has 4 aromatic carbocycles. The van der Waals surface area contributed by atoms with Crippen LogP contribution in [0.2, 0.25) is 0 Å². The van der Waals surface area contributed by atoms with E-state index >= 15 is 0 Å². The highest BCUT2D eigenvalue weighted by Gasteiger charge is 2.18. The van der Waals surface area contributed by atoms with Crippen LogP contribution in [0.1, 0.15) is 5.56 Å². The van der Waals surface area contributed by atoms with Crippen molar-refractivity contribution in [1.29, 1.82) is 0 Å². The molecule has 0 N–H and O–H groups in total. The van der Waals surface area contributed by atoms with Crippen LogP contribution in [0.4, 0.5) is 0 Å². The summed E-state index contributed by atoms with van der Waals surface area (Å²) >= 11 is 0. The standard InChI is InChI=1S/C31H24O9S/c1-20-3-10-25(11-4-20)41(34,35)26-12-6-22(7-13-26)38-24-9-15-28(36-2)29(18-24)40-31(33)19-37-23-8-14-27-21(17-23)5-16-30(32)39-27/h3-18H,19H2,1-2H3. The lowest BCUT2D eigenvalue weighted by atomic mass is 10.2. The molecule has 0 radical (unpaired) electrons. The van der Waals surface area contributed by atoms with E-state index in [0.717, 1.165) is 5.56 Å². The third-order valence-electron chi connectivity index (χ3n) is 6.01. The van der Waals surface area contributed by atoms with Crippen molar-refractivity contribution in [2.75, 3.05) is 13.7 Å². The molecule has 0 bridgehead atoms. The van der Waals surface area contributed by atoms with Gasteiger partial charge in [0.1, 0.15) is 22.8 Å². The van der Waals surface area contributed by atoms with E-state index in [-0.39, 0.29) is 15.5 Å². The predicted molar refractivity (Wildman–Crippen MR) is 150 cm³/mol. The Bertz CT molecular complexity index is 1870. The van der Waals surface area contributed by atoms with Gasteiger partial charge in [-0.3, -0.25) is 0 Å². The molecule has 0 aliphatic carbocycles. The van der Waals surface area contributed by atoms with Gasteiger partial charge < -0.3 is 23.4 Å². The van der Waals surface area contributed by atoms with Crippen LogP contribution in [-0.2, 0) is 14.6 Å². The number of rotatable bonds is 9. The van der Waals surface area contributed by atoms with Gasteiger partial charge in [-0.25, -0.2) is 18.0 Å². The lowest BCUT2D eigenvalue weighted by Crippen LogP contribution is -2.18. The van der Waals surface area contributed by atoms with Gasteiger partial charge in [0.2, 0.25) is 9.84 Å². The molecule has 0 atom stereocenters. The third kappa shape index (κ3) is 6.39. The molecule has 5 aromatic rings. The average molecular weight is 573 g/mol. The minimum atomic E-state index is -3.67. The first-order valence-electron chi connectivity index (χ1n) is 12.4. The third-order valence-corrected chi connectivity index (χ3v) is 7.79. The van der Waals surface area contributed by atoms with Gasteiger partial charge in [0, 0.05) is 17.5 Å². The fourth-order valence-corrected chi connectivity index (χ4v) is 5.17. The summed E-state index contributed by atoms with van der Waals surface area (Å²) in [4.78, 5) is 24.2. The number of carbonyl (C=O) groups excluding carboxylic acids is 1. The van der Waals surface area contributed by atoms with E-state index in [0.29, 0.717) is 34.0 Å². The molecule has 0 saturated carbocycles. The maximum absolute atomic E-state index is 12.9. The second-order valence-corrected chi connectivity index (χ2v) is 10.9. The van der Waals surface area contributed by atoms with Crippen molar-refractivity contribution in [2.24, 2.45) is 0 Å².